The summed E-state index contributed by atoms with van der Waals surface area (Å²) in [4.78, 5) is 25.2. The van der Waals surface area contributed by atoms with Crippen molar-refractivity contribution in [2.24, 2.45) is 0 Å². The Morgan fingerprint density at radius 2 is 2.24 bits per heavy atom. The maximum Gasteiger partial charge on any atom is 0.258 e. The van der Waals surface area contributed by atoms with Gasteiger partial charge in [0.15, 0.2) is 0 Å². The smallest absolute Gasteiger partial charge is 0.258 e. The summed E-state index contributed by atoms with van der Waals surface area (Å²) in [5, 5.41) is 2.68. The first-order chi connectivity index (χ1) is 10.0. The standard InChI is InChI=1S/C14H19N5O2/c1-10-9-16-14(17-10)18-13(20)11-4-5-15-12(8-11)21-7-6-19(2)3/h4-5,8-9H,6-7H2,1-3H3,(H2,16,17,18,20). The van der Waals surface area contributed by atoms with Crippen LogP contribution in [0.1, 0.15) is 16.1 Å². The minimum atomic E-state index is -0.260. The number of H-pyrrole nitrogens is 1. The van der Waals surface area contributed by atoms with Gasteiger partial charge in [0.25, 0.3) is 5.91 Å². The molecule has 0 aliphatic rings. The van der Waals surface area contributed by atoms with E-state index in [0.717, 1.165) is 12.2 Å². The molecule has 0 unspecified atom stereocenters. The van der Waals surface area contributed by atoms with Gasteiger partial charge in [-0.25, -0.2) is 9.97 Å². The molecule has 7 heteroatoms. The summed E-state index contributed by atoms with van der Waals surface area (Å²) in [6, 6.07) is 3.24. The number of carbonyl (C=O) groups is 1. The minimum Gasteiger partial charge on any atom is -0.476 e. The van der Waals surface area contributed by atoms with Crippen LogP contribution in [-0.2, 0) is 0 Å². The molecule has 0 bridgehead atoms. The van der Waals surface area contributed by atoms with Gasteiger partial charge in [0.05, 0.1) is 0 Å². The van der Waals surface area contributed by atoms with Gasteiger partial charge in [-0.15, -0.1) is 0 Å². The van der Waals surface area contributed by atoms with E-state index in [1.165, 1.54) is 0 Å². The highest BCUT2D eigenvalue weighted by atomic mass is 16.5. The average molecular weight is 289 g/mol. The van der Waals surface area contributed by atoms with Crippen molar-refractivity contribution in [3.8, 4) is 5.88 Å². The molecule has 0 aliphatic heterocycles. The van der Waals surface area contributed by atoms with Crippen LogP contribution in [0.3, 0.4) is 0 Å². The molecule has 0 spiro atoms. The third kappa shape index (κ3) is 4.57. The Hall–Kier alpha value is -2.41. The highest BCUT2D eigenvalue weighted by Gasteiger charge is 2.09. The molecule has 0 saturated heterocycles. The predicted octanol–water partition coefficient (Wildman–Crippen LogP) is 1.31. The Balaban J connectivity index is 1.97. The van der Waals surface area contributed by atoms with Crippen molar-refractivity contribution in [2.45, 2.75) is 6.92 Å². The van der Waals surface area contributed by atoms with E-state index < -0.39 is 0 Å². The largest absolute Gasteiger partial charge is 0.476 e. The Kier molecular flexibility index (Phi) is 4.89. The number of imidazole rings is 1. The zero-order chi connectivity index (χ0) is 15.2. The van der Waals surface area contributed by atoms with Crippen molar-refractivity contribution >= 4 is 11.9 Å². The normalized spacial score (nSPS) is 10.7. The van der Waals surface area contributed by atoms with Gasteiger partial charge in [-0.05, 0) is 27.1 Å². The summed E-state index contributed by atoms with van der Waals surface area (Å²) in [6.07, 6.45) is 3.20. The van der Waals surface area contributed by atoms with E-state index in [4.69, 9.17) is 4.74 Å². The number of hydrogen-bond acceptors (Lipinski definition) is 5. The number of aryl methyl sites for hydroxylation is 1. The maximum absolute atomic E-state index is 12.1. The molecule has 0 saturated carbocycles. The zero-order valence-corrected chi connectivity index (χ0v) is 12.4. The number of nitrogens with zero attached hydrogens (tertiary/aromatic N) is 3. The number of carbonyl (C=O) groups excluding carboxylic acids is 1. The van der Waals surface area contributed by atoms with Gasteiger partial charge in [0.2, 0.25) is 11.8 Å². The molecule has 2 aromatic rings. The molecule has 2 aromatic heterocycles. The molecular formula is C14H19N5O2. The van der Waals surface area contributed by atoms with Crippen LogP contribution in [0.25, 0.3) is 0 Å². The van der Waals surface area contributed by atoms with Crippen LogP contribution >= 0.6 is 0 Å². The fourth-order valence-corrected chi connectivity index (χ4v) is 1.62. The third-order valence-corrected chi connectivity index (χ3v) is 2.72. The van der Waals surface area contributed by atoms with Crippen molar-refractivity contribution in [1.82, 2.24) is 19.9 Å². The van der Waals surface area contributed by atoms with Crippen molar-refractivity contribution in [2.75, 3.05) is 32.6 Å². The summed E-state index contributed by atoms with van der Waals surface area (Å²) in [5.41, 5.74) is 1.35. The fourth-order valence-electron chi connectivity index (χ4n) is 1.62. The van der Waals surface area contributed by atoms with Crippen LogP contribution in [-0.4, -0.2) is 53.0 Å². The van der Waals surface area contributed by atoms with Gasteiger partial charge in [-0.1, -0.05) is 0 Å². The van der Waals surface area contributed by atoms with Crippen LogP contribution in [0.2, 0.25) is 0 Å². The topological polar surface area (TPSA) is 83.1 Å². The van der Waals surface area contributed by atoms with Gasteiger partial charge < -0.3 is 14.6 Å². The predicted molar refractivity (Wildman–Crippen MR) is 79.6 cm³/mol. The summed E-state index contributed by atoms with van der Waals surface area (Å²) in [6.45, 7) is 3.16. The van der Waals surface area contributed by atoms with Gasteiger partial charge in [0.1, 0.15) is 6.61 Å². The Morgan fingerprint density at radius 3 is 2.90 bits per heavy atom. The number of rotatable bonds is 6. The van der Waals surface area contributed by atoms with Crippen LogP contribution in [0.5, 0.6) is 5.88 Å². The molecule has 7 nitrogen and oxygen atoms in total. The first kappa shape index (κ1) is 15.0. The number of pyridine rings is 1. The second kappa shape index (κ2) is 6.85. The van der Waals surface area contributed by atoms with Crippen molar-refractivity contribution in [1.29, 1.82) is 0 Å². The fraction of sp³-hybridized carbons (Fsp3) is 0.357. The quantitative estimate of drug-likeness (QED) is 0.837. The first-order valence-corrected chi connectivity index (χ1v) is 6.61. The monoisotopic (exact) mass is 289 g/mol. The number of ether oxygens (including phenoxy) is 1. The molecule has 112 valence electrons. The molecule has 0 radical (unpaired) electrons. The van der Waals surface area contributed by atoms with Gasteiger partial charge >= 0.3 is 0 Å². The number of anilines is 1. The first-order valence-electron chi connectivity index (χ1n) is 6.61. The molecule has 21 heavy (non-hydrogen) atoms. The third-order valence-electron chi connectivity index (χ3n) is 2.72. The van der Waals surface area contributed by atoms with E-state index in [0.29, 0.717) is 24.0 Å². The van der Waals surface area contributed by atoms with Gasteiger partial charge in [-0.2, -0.15) is 0 Å². The second-order valence-corrected chi connectivity index (χ2v) is 4.90. The number of hydrogen-bond donors (Lipinski definition) is 2. The lowest BCUT2D eigenvalue weighted by Gasteiger charge is -2.10. The van der Waals surface area contributed by atoms with Crippen LogP contribution in [0.4, 0.5) is 5.95 Å². The van der Waals surface area contributed by atoms with Crippen LogP contribution < -0.4 is 10.1 Å². The Bertz CT molecular complexity index is 609. The summed E-state index contributed by atoms with van der Waals surface area (Å²) in [7, 11) is 3.93. The highest BCUT2D eigenvalue weighted by Crippen LogP contribution is 2.11. The average Bonchev–Trinajstić information content (AvgIpc) is 2.84. The van der Waals surface area contributed by atoms with E-state index in [1.54, 1.807) is 24.5 Å². The maximum atomic E-state index is 12.1. The Morgan fingerprint density at radius 1 is 1.43 bits per heavy atom. The number of nitrogens with one attached hydrogen (secondary N) is 2. The molecule has 0 aromatic carbocycles. The summed E-state index contributed by atoms with van der Waals surface area (Å²) in [5.74, 6) is 0.591. The van der Waals surface area contributed by atoms with Gasteiger partial charge in [0, 0.05) is 36.3 Å². The molecule has 2 heterocycles. The van der Waals surface area contributed by atoms with Crippen molar-refractivity contribution < 1.29 is 9.53 Å². The molecule has 0 fully saturated rings. The van der Waals surface area contributed by atoms with Gasteiger partial charge in [-0.3, -0.25) is 10.1 Å². The highest BCUT2D eigenvalue weighted by molar-refractivity contribution is 6.03. The molecule has 2 rings (SSSR count). The number of aromatic nitrogens is 3. The number of aromatic amines is 1. The van der Waals surface area contributed by atoms with Crippen molar-refractivity contribution in [3.05, 3.63) is 35.8 Å². The molecule has 1 amide bonds. The SMILES string of the molecule is Cc1cnc(NC(=O)c2ccnc(OCCN(C)C)c2)[nH]1. The lowest BCUT2D eigenvalue weighted by Crippen LogP contribution is -2.20. The lowest BCUT2D eigenvalue weighted by molar-refractivity contribution is 0.102. The van der Waals surface area contributed by atoms with E-state index in [1.807, 2.05) is 25.9 Å². The summed E-state index contributed by atoms with van der Waals surface area (Å²) >= 11 is 0. The van der Waals surface area contributed by atoms with E-state index in [-0.39, 0.29) is 5.91 Å². The lowest BCUT2D eigenvalue weighted by atomic mass is 10.2. The number of amides is 1. The van der Waals surface area contributed by atoms with Crippen LogP contribution in [0.15, 0.2) is 24.5 Å². The number of likely N-dealkylation sites (N-methyl/N-ethyl adjacent to an activating group) is 1. The molecular weight excluding hydrogens is 270 g/mol. The minimum absolute atomic E-state index is 0.260. The molecule has 0 atom stereocenters. The van der Waals surface area contributed by atoms with Crippen molar-refractivity contribution in [3.63, 3.8) is 0 Å². The van der Waals surface area contributed by atoms with Crippen LogP contribution in [0, 0.1) is 6.92 Å². The zero-order valence-electron chi connectivity index (χ0n) is 12.4. The molecule has 0 aliphatic carbocycles. The second-order valence-electron chi connectivity index (χ2n) is 4.90. The van der Waals surface area contributed by atoms with E-state index in [9.17, 15) is 4.79 Å². The van der Waals surface area contributed by atoms with E-state index in [2.05, 4.69) is 20.3 Å². The molecule has 2 N–H and O–H groups in total. The van der Waals surface area contributed by atoms with E-state index >= 15 is 0 Å². The Labute approximate surface area is 123 Å². The summed E-state index contributed by atoms with van der Waals surface area (Å²) < 4.78 is 5.51.